The van der Waals surface area contributed by atoms with E-state index in [1.807, 2.05) is 46.7 Å². The number of anilines is 1. The van der Waals surface area contributed by atoms with Crippen LogP contribution in [0.25, 0.3) is 0 Å². The Morgan fingerprint density at radius 3 is 2.38 bits per heavy atom. The predicted molar refractivity (Wildman–Crippen MR) is 117 cm³/mol. The van der Waals surface area contributed by atoms with Crippen LogP contribution in [0.2, 0.25) is 0 Å². The molecule has 1 saturated carbocycles. The Kier molecular flexibility index (Phi) is 6.06. The van der Waals surface area contributed by atoms with Gasteiger partial charge >= 0.3 is 0 Å². The molecule has 0 aliphatic heterocycles. The fourth-order valence-electron chi connectivity index (χ4n) is 3.22. The number of carbonyl (C=O) groups excluding carboxylic acids is 2. The summed E-state index contributed by atoms with van der Waals surface area (Å²) in [5.41, 5.74) is 2.60. The first-order chi connectivity index (χ1) is 14.2. The highest BCUT2D eigenvalue weighted by molar-refractivity contribution is 7.09. The van der Waals surface area contributed by atoms with E-state index in [9.17, 15) is 9.59 Å². The van der Waals surface area contributed by atoms with Crippen LogP contribution in [0.15, 0.2) is 72.1 Å². The lowest BCUT2D eigenvalue weighted by Crippen LogP contribution is -2.32. The van der Waals surface area contributed by atoms with E-state index >= 15 is 0 Å². The lowest BCUT2D eigenvalue weighted by molar-refractivity contribution is -0.117. The monoisotopic (exact) mass is 404 g/mol. The van der Waals surface area contributed by atoms with Crippen molar-refractivity contribution in [3.05, 3.63) is 88.1 Å². The number of nitrogens with zero attached hydrogens (tertiary/aromatic N) is 1. The van der Waals surface area contributed by atoms with Crippen molar-refractivity contribution in [1.82, 2.24) is 4.90 Å². The maximum Gasteiger partial charge on any atom is 0.254 e. The zero-order valence-corrected chi connectivity index (χ0v) is 17.0. The van der Waals surface area contributed by atoms with Crippen molar-refractivity contribution in [2.75, 3.05) is 11.9 Å². The van der Waals surface area contributed by atoms with Crippen molar-refractivity contribution in [2.45, 2.75) is 25.8 Å². The van der Waals surface area contributed by atoms with Gasteiger partial charge in [0.25, 0.3) is 5.91 Å². The van der Waals surface area contributed by atoms with Crippen LogP contribution < -0.4 is 5.32 Å². The van der Waals surface area contributed by atoms with Crippen LogP contribution in [0.5, 0.6) is 0 Å². The van der Waals surface area contributed by atoms with Crippen molar-refractivity contribution in [2.24, 2.45) is 5.92 Å². The van der Waals surface area contributed by atoms with E-state index in [4.69, 9.17) is 0 Å². The van der Waals surface area contributed by atoms with Crippen molar-refractivity contribution in [1.29, 1.82) is 0 Å². The van der Waals surface area contributed by atoms with Gasteiger partial charge in [-0.25, -0.2) is 0 Å². The molecule has 0 atom stereocenters. The second-order valence-electron chi connectivity index (χ2n) is 7.38. The highest BCUT2D eigenvalue weighted by Crippen LogP contribution is 2.30. The summed E-state index contributed by atoms with van der Waals surface area (Å²) in [6.45, 7) is 1.25. The van der Waals surface area contributed by atoms with E-state index in [1.54, 1.807) is 23.5 Å². The highest BCUT2D eigenvalue weighted by atomic mass is 32.1. The van der Waals surface area contributed by atoms with Crippen LogP contribution in [-0.4, -0.2) is 23.3 Å². The van der Waals surface area contributed by atoms with Crippen molar-refractivity contribution >= 4 is 28.8 Å². The molecule has 0 spiro atoms. The lowest BCUT2D eigenvalue weighted by Gasteiger charge is -2.22. The number of rotatable bonds is 8. The van der Waals surface area contributed by atoms with Gasteiger partial charge in [0.05, 0.1) is 6.54 Å². The first kappa shape index (κ1) is 19.4. The molecule has 4 nitrogen and oxygen atoms in total. The van der Waals surface area contributed by atoms with Crippen LogP contribution in [0, 0.1) is 5.92 Å². The predicted octanol–water partition coefficient (Wildman–Crippen LogP) is 4.98. The minimum absolute atomic E-state index is 0.00870. The SMILES string of the molecule is O=C(Nc1ccc(C(=O)N(CCc2ccccc2)Cc2cccs2)cc1)C1CC1. The van der Waals surface area contributed by atoms with Gasteiger partial charge in [-0.3, -0.25) is 9.59 Å². The summed E-state index contributed by atoms with van der Waals surface area (Å²) in [6, 6.07) is 21.5. The number of thiophene rings is 1. The van der Waals surface area contributed by atoms with Crippen LogP contribution >= 0.6 is 11.3 Å². The molecule has 1 heterocycles. The number of hydrogen-bond acceptors (Lipinski definition) is 3. The van der Waals surface area contributed by atoms with Gasteiger partial charge in [-0.1, -0.05) is 36.4 Å². The van der Waals surface area contributed by atoms with Gasteiger partial charge in [-0.05, 0) is 60.5 Å². The molecule has 0 radical (unpaired) electrons. The summed E-state index contributed by atoms with van der Waals surface area (Å²) in [6.07, 6.45) is 2.76. The number of amides is 2. The first-order valence-electron chi connectivity index (χ1n) is 9.95. The molecule has 1 aromatic heterocycles. The van der Waals surface area contributed by atoms with Crippen molar-refractivity contribution in [3.8, 4) is 0 Å². The quantitative estimate of drug-likeness (QED) is 0.575. The van der Waals surface area contributed by atoms with Crippen LogP contribution in [0.3, 0.4) is 0 Å². The molecule has 3 aromatic rings. The second kappa shape index (κ2) is 9.05. The average molecular weight is 405 g/mol. The van der Waals surface area contributed by atoms with Gasteiger partial charge in [-0.2, -0.15) is 0 Å². The van der Waals surface area contributed by atoms with Gasteiger partial charge in [0, 0.05) is 28.6 Å². The zero-order valence-electron chi connectivity index (χ0n) is 16.2. The number of carbonyl (C=O) groups is 2. The Labute approximate surface area is 175 Å². The molecule has 29 heavy (non-hydrogen) atoms. The third-order valence-corrected chi connectivity index (χ3v) is 5.94. The molecule has 1 fully saturated rings. The van der Waals surface area contributed by atoms with Crippen molar-refractivity contribution in [3.63, 3.8) is 0 Å². The zero-order chi connectivity index (χ0) is 20.1. The highest BCUT2D eigenvalue weighted by Gasteiger charge is 2.29. The molecule has 1 aliphatic carbocycles. The molecular formula is C24H24N2O2S. The summed E-state index contributed by atoms with van der Waals surface area (Å²) in [5.74, 6) is 0.247. The Morgan fingerprint density at radius 2 is 1.72 bits per heavy atom. The molecular weight excluding hydrogens is 380 g/mol. The molecule has 4 rings (SSSR count). The second-order valence-corrected chi connectivity index (χ2v) is 8.41. The standard InChI is InChI=1S/C24H24N2O2S/c27-23(19-8-9-19)25-21-12-10-20(11-13-21)24(28)26(17-22-7-4-16-29-22)15-14-18-5-2-1-3-6-18/h1-7,10-13,16,19H,8-9,14-15,17H2,(H,25,27). The normalized spacial score (nSPS) is 13.1. The molecule has 148 valence electrons. The molecule has 0 bridgehead atoms. The van der Waals surface area contributed by atoms with Gasteiger partial charge in [-0.15, -0.1) is 11.3 Å². The average Bonchev–Trinajstić information content (AvgIpc) is 3.49. The molecule has 5 heteroatoms. The lowest BCUT2D eigenvalue weighted by atomic mass is 10.1. The Bertz CT molecular complexity index is 948. The third kappa shape index (κ3) is 5.33. The summed E-state index contributed by atoms with van der Waals surface area (Å²) in [5, 5.41) is 4.95. The van der Waals surface area contributed by atoms with Gasteiger partial charge in [0.15, 0.2) is 0 Å². The van der Waals surface area contributed by atoms with Crippen molar-refractivity contribution < 1.29 is 9.59 Å². The van der Waals surface area contributed by atoms with E-state index in [1.165, 1.54) is 10.4 Å². The Balaban J connectivity index is 1.45. The minimum atomic E-state index is 0.00870. The van der Waals surface area contributed by atoms with Crippen LogP contribution in [-0.2, 0) is 17.8 Å². The van der Waals surface area contributed by atoms with Crippen LogP contribution in [0.1, 0.15) is 33.6 Å². The molecule has 2 amide bonds. The topological polar surface area (TPSA) is 49.4 Å². The van der Waals surface area contributed by atoms with Gasteiger partial charge in [0.1, 0.15) is 0 Å². The molecule has 1 N–H and O–H groups in total. The smallest absolute Gasteiger partial charge is 0.254 e. The van der Waals surface area contributed by atoms with E-state index in [2.05, 4.69) is 23.5 Å². The molecule has 0 unspecified atom stereocenters. The van der Waals surface area contributed by atoms with E-state index in [0.29, 0.717) is 18.7 Å². The third-order valence-electron chi connectivity index (χ3n) is 5.07. The van der Waals surface area contributed by atoms with E-state index in [0.717, 1.165) is 24.9 Å². The van der Waals surface area contributed by atoms with E-state index < -0.39 is 0 Å². The first-order valence-corrected chi connectivity index (χ1v) is 10.8. The summed E-state index contributed by atoms with van der Waals surface area (Å²) in [4.78, 5) is 28.2. The van der Waals surface area contributed by atoms with Gasteiger partial charge < -0.3 is 10.2 Å². The Morgan fingerprint density at radius 1 is 0.966 bits per heavy atom. The number of hydrogen-bond donors (Lipinski definition) is 1. The van der Waals surface area contributed by atoms with Gasteiger partial charge in [0.2, 0.25) is 5.91 Å². The summed E-state index contributed by atoms with van der Waals surface area (Å²) < 4.78 is 0. The fourth-order valence-corrected chi connectivity index (χ4v) is 3.94. The molecule has 1 aliphatic rings. The maximum atomic E-state index is 13.2. The minimum Gasteiger partial charge on any atom is -0.333 e. The largest absolute Gasteiger partial charge is 0.333 e. The number of nitrogens with one attached hydrogen (secondary N) is 1. The fraction of sp³-hybridized carbons (Fsp3) is 0.250. The summed E-state index contributed by atoms with van der Waals surface area (Å²) in [7, 11) is 0. The Hall–Kier alpha value is -2.92. The maximum absolute atomic E-state index is 13.2. The molecule has 2 aromatic carbocycles. The molecule has 0 saturated heterocycles. The van der Waals surface area contributed by atoms with Crippen LogP contribution in [0.4, 0.5) is 5.69 Å². The van der Waals surface area contributed by atoms with E-state index in [-0.39, 0.29) is 17.7 Å². The number of benzene rings is 2. The summed E-state index contributed by atoms with van der Waals surface area (Å²) >= 11 is 1.66.